The molecule has 0 unspecified atom stereocenters. The Morgan fingerprint density at radius 2 is 1.81 bits per heavy atom. The molecule has 0 aliphatic carbocycles. The zero-order valence-corrected chi connectivity index (χ0v) is 16.1. The molecular weight excluding hydrogens is 347 g/mol. The molecule has 6 heteroatoms. The zero-order valence-electron chi connectivity index (χ0n) is 16.1. The Bertz CT molecular complexity index is 804. The molecule has 2 rings (SSSR count). The minimum atomic E-state index is -0.380. The first-order chi connectivity index (χ1) is 12.8. The standard InChI is InChI=1S/C21H25FN2O3/c1-14(2)19-10-9-18(11-15(19)3)27-13-21(26)24(4)12-20(25)23-17-7-5-16(22)6-8-17/h5-11,14H,12-13H2,1-4H3,(H,23,25). The molecule has 0 aromatic heterocycles. The lowest BCUT2D eigenvalue weighted by Crippen LogP contribution is -2.37. The van der Waals surface area contributed by atoms with Crippen LogP contribution in [0.25, 0.3) is 0 Å². The van der Waals surface area contributed by atoms with Crippen LogP contribution in [0.1, 0.15) is 30.9 Å². The van der Waals surface area contributed by atoms with E-state index in [1.165, 1.54) is 41.8 Å². The summed E-state index contributed by atoms with van der Waals surface area (Å²) in [6, 6.07) is 11.2. The predicted octanol–water partition coefficient (Wildman–Crippen LogP) is 3.73. The fourth-order valence-corrected chi connectivity index (χ4v) is 2.68. The second-order valence-corrected chi connectivity index (χ2v) is 6.77. The number of rotatable bonds is 7. The number of carbonyl (C=O) groups is 2. The summed E-state index contributed by atoms with van der Waals surface area (Å²) in [7, 11) is 1.53. The molecule has 2 aromatic carbocycles. The maximum absolute atomic E-state index is 12.9. The first-order valence-corrected chi connectivity index (χ1v) is 8.79. The largest absolute Gasteiger partial charge is 0.484 e. The maximum atomic E-state index is 12.9. The van der Waals surface area contributed by atoms with Gasteiger partial charge in [0.1, 0.15) is 11.6 Å². The summed E-state index contributed by atoms with van der Waals surface area (Å²) in [6.07, 6.45) is 0. The Morgan fingerprint density at radius 1 is 1.15 bits per heavy atom. The molecule has 0 heterocycles. The zero-order chi connectivity index (χ0) is 20.0. The topological polar surface area (TPSA) is 58.6 Å². The van der Waals surface area contributed by atoms with Gasteiger partial charge >= 0.3 is 0 Å². The summed E-state index contributed by atoms with van der Waals surface area (Å²) in [5, 5.41) is 2.61. The van der Waals surface area contributed by atoms with Gasteiger partial charge in [0.15, 0.2) is 6.61 Å². The van der Waals surface area contributed by atoms with Crippen LogP contribution >= 0.6 is 0 Å². The minimum Gasteiger partial charge on any atom is -0.484 e. The van der Waals surface area contributed by atoms with Gasteiger partial charge in [-0.15, -0.1) is 0 Å². The van der Waals surface area contributed by atoms with Gasteiger partial charge in [-0.1, -0.05) is 19.9 Å². The minimum absolute atomic E-state index is 0.120. The van der Waals surface area contributed by atoms with E-state index in [0.717, 1.165) is 5.56 Å². The molecule has 2 aromatic rings. The summed E-state index contributed by atoms with van der Waals surface area (Å²) >= 11 is 0. The number of amides is 2. The lowest BCUT2D eigenvalue weighted by Gasteiger charge is -2.18. The van der Waals surface area contributed by atoms with Gasteiger partial charge < -0.3 is 15.0 Å². The van der Waals surface area contributed by atoms with Crippen LogP contribution < -0.4 is 10.1 Å². The van der Waals surface area contributed by atoms with Crippen molar-refractivity contribution in [3.63, 3.8) is 0 Å². The van der Waals surface area contributed by atoms with E-state index in [1.54, 1.807) is 0 Å². The van der Waals surface area contributed by atoms with Crippen LogP contribution in [0.2, 0.25) is 0 Å². The lowest BCUT2D eigenvalue weighted by molar-refractivity contribution is -0.135. The summed E-state index contributed by atoms with van der Waals surface area (Å²) in [4.78, 5) is 25.5. The van der Waals surface area contributed by atoms with Crippen molar-refractivity contribution in [1.29, 1.82) is 0 Å². The first-order valence-electron chi connectivity index (χ1n) is 8.79. The van der Waals surface area contributed by atoms with Crippen LogP contribution in [0, 0.1) is 12.7 Å². The van der Waals surface area contributed by atoms with Crippen molar-refractivity contribution in [3.8, 4) is 5.75 Å². The molecule has 1 N–H and O–H groups in total. The normalized spacial score (nSPS) is 10.6. The average Bonchev–Trinajstić information content (AvgIpc) is 2.61. The number of hydrogen-bond donors (Lipinski definition) is 1. The van der Waals surface area contributed by atoms with Gasteiger partial charge in [-0.25, -0.2) is 4.39 Å². The Labute approximate surface area is 159 Å². The second-order valence-electron chi connectivity index (χ2n) is 6.77. The van der Waals surface area contributed by atoms with Crippen LogP contribution in [0.5, 0.6) is 5.75 Å². The number of nitrogens with zero attached hydrogens (tertiary/aromatic N) is 1. The summed E-state index contributed by atoms with van der Waals surface area (Å²) < 4.78 is 18.4. The van der Waals surface area contributed by atoms with Crippen molar-refractivity contribution in [2.75, 3.05) is 25.5 Å². The molecule has 144 valence electrons. The van der Waals surface area contributed by atoms with Crippen molar-refractivity contribution < 1.29 is 18.7 Å². The summed E-state index contributed by atoms with van der Waals surface area (Å²) in [5.41, 5.74) is 2.82. The number of nitrogens with one attached hydrogen (secondary N) is 1. The Balaban J connectivity index is 1.83. The number of carbonyl (C=O) groups excluding carboxylic acids is 2. The number of benzene rings is 2. The Morgan fingerprint density at radius 3 is 2.41 bits per heavy atom. The van der Waals surface area contributed by atoms with Gasteiger partial charge in [-0.2, -0.15) is 0 Å². The number of ether oxygens (including phenoxy) is 1. The monoisotopic (exact) mass is 372 g/mol. The van der Waals surface area contributed by atoms with E-state index in [2.05, 4.69) is 19.2 Å². The van der Waals surface area contributed by atoms with Gasteiger partial charge in [-0.3, -0.25) is 9.59 Å². The molecule has 0 spiro atoms. The highest BCUT2D eigenvalue weighted by molar-refractivity contribution is 5.94. The summed E-state index contributed by atoms with van der Waals surface area (Å²) in [5.74, 6) is -0.0145. The van der Waals surface area contributed by atoms with Crippen LogP contribution in [-0.2, 0) is 9.59 Å². The van der Waals surface area contributed by atoms with Gasteiger partial charge in [-0.05, 0) is 60.4 Å². The van der Waals surface area contributed by atoms with Crippen molar-refractivity contribution in [2.24, 2.45) is 0 Å². The molecule has 0 fully saturated rings. The van der Waals surface area contributed by atoms with Crippen LogP contribution in [0.15, 0.2) is 42.5 Å². The molecule has 0 bridgehead atoms. The number of hydrogen-bond acceptors (Lipinski definition) is 3. The van der Waals surface area contributed by atoms with Crippen LogP contribution in [0.3, 0.4) is 0 Å². The van der Waals surface area contributed by atoms with Gasteiger partial charge in [0.05, 0.1) is 6.54 Å². The highest BCUT2D eigenvalue weighted by Gasteiger charge is 2.14. The molecule has 0 aliphatic rings. The van der Waals surface area contributed by atoms with E-state index < -0.39 is 0 Å². The SMILES string of the molecule is Cc1cc(OCC(=O)N(C)CC(=O)Nc2ccc(F)cc2)ccc1C(C)C. The van der Waals surface area contributed by atoms with Crippen LogP contribution in [0.4, 0.5) is 10.1 Å². The van der Waals surface area contributed by atoms with E-state index in [4.69, 9.17) is 4.74 Å². The van der Waals surface area contributed by atoms with Crippen molar-refractivity contribution in [1.82, 2.24) is 4.90 Å². The first kappa shape index (κ1) is 20.4. The van der Waals surface area contributed by atoms with E-state index >= 15 is 0 Å². The van der Waals surface area contributed by atoms with Gasteiger partial charge in [0.2, 0.25) is 5.91 Å². The predicted molar refractivity (Wildman–Crippen MR) is 103 cm³/mol. The Kier molecular flexibility index (Phi) is 6.93. The molecule has 5 nitrogen and oxygen atoms in total. The molecule has 2 amide bonds. The van der Waals surface area contributed by atoms with Gasteiger partial charge in [0, 0.05) is 12.7 Å². The number of halogens is 1. The van der Waals surface area contributed by atoms with Crippen LogP contribution in [-0.4, -0.2) is 36.9 Å². The van der Waals surface area contributed by atoms with Crippen molar-refractivity contribution >= 4 is 17.5 Å². The number of aryl methyl sites for hydroxylation is 1. The fourth-order valence-electron chi connectivity index (χ4n) is 2.68. The highest BCUT2D eigenvalue weighted by Crippen LogP contribution is 2.23. The molecule has 0 saturated carbocycles. The fraction of sp³-hybridized carbons (Fsp3) is 0.333. The van der Waals surface area contributed by atoms with E-state index in [9.17, 15) is 14.0 Å². The Hall–Kier alpha value is -2.89. The molecule has 0 saturated heterocycles. The molecule has 0 aliphatic heterocycles. The maximum Gasteiger partial charge on any atom is 0.260 e. The molecule has 0 atom stereocenters. The second kappa shape index (κ2) is 9.16. The third-order valence-electron chi connectivity index (χ3n) is 4.16. The quantitative estimate of drug-likeness (QED) is 0.806. The number of anilines is 1. The lowest BCUT2D eigenvalue weighted by atomic mass is 9.98. The van der Waals surface area contributed by atoms with Gasteiger partial charge in [0.25, 0.3) is 5.91 Å². The van der Waals surface area contributed by atoms with Crippen molar-refractivity contribution in [3.05, 3.63) is 59.4 Å². The molecule has 0 radical (unpaired) electrons. The smallest absolute Gasteiger partial charge is 0.260 e. The van der Waals surface area contributed by atoms with Crippen molar-refractivity contribution in [2.45, 2.75) is 26.7 Å². The third-order valence-corrected chi connectivity index (χ3v) is 4.16. The average molecular weight is 372 g/mol. The summed E-state index contributed by atoms with van der Waals surface area (Å²) in [6.45, 7) is 5.98. The third kappa shape index (κ3) is 6.09. The number of likely N-dealkylation sites (N-methyl/N-ethyl adjacent to an activating group) is 1. The molecule has 27 heavy (non-hydrogen) atoms. The van der Waals surface area contributed by atoms with E-state index in [0.29, 0.717) is 17.4 Å². The van der Waals surface area contributed by atoms with E-state index in [-0.39, 0.29) is 30.8 Å². The molecular formula is C21H25FN2O3. The highest BCUT2D eigenvalue weighted by atomic mass is 19.1. The van der Waals surface area contributed by atoms with E-state index in [1.807, 2.05) is 25.1 Å².